The number of hydrogen-bond acceptors (Lipinski definition) is 5. The number of anilines is 2. The number of para-hydroxylation sites is 1. The van der Waals surface area contributed by atoms with Crippen molar-refractivity contribution < 1.29 is 14.3 Å². The second kappa shape index (κ2) is 7.26. The number of amides is 2. The van der Waals surface area contributed by atoms with Gasteiger partial charge in [-0.15, -0.1) is 0 Å². The van der Waals surface area contributed by atoms with Crippen molar-refractivity contribution in [3.8, 4) is 5.75 Å². The van der Waals surface area contributed by atoms with Gasteiger partial charge in [0.1, 0.15) is 18.3 Å². The van der Waals surface area contributed by atoms with E-state index in [0.29, 0.717) is 12.2 Å². The standard InChI is InChI=1S/C20H22N4O3/c1-27-17-9-3-2-6-14(17)12-22-18(25)13-24-15-7-4-10-21-19(15)23-11-5-8-16(23)20(24)26/h2-4,6-7,9-10,16H,5,8,11-13H2,1H3,(H,22,25)/t16-/m1/s1. The second-order valence-corrected chi connectivity index (χ2v) is 6.71. The molecule has 3 heterocycles. The van der Waals surface area contributed by atoms with E-state index < -0.39 is 0 Å². The first kappa shape index (κ1) is 17.3. The molecule has 4 rings (SSSR count). The molecule has 140 valence electrons. The van der Waals surface area contributed by atoms with E-state index in [1.54, 1.807) is 24.3 Å². The molecule has 0 bridgehead atoms. The van der Waals surface area contributed by atoms with Crippen LogP contribution in [0, 0.1) is 0 Å². The Morgan fingerprint density at radius 1 is 1.30 bits per heavy atom. The van der Waals surface area contributed by atoms with Crippen LogP contribution >= 0.6 is 0 Å². The van der Waals surface area contributed by atoms with Crippen LogP contribution in [0.25, 0.3) is 0 Å². The number of hydrogen-bond donors (Lipinski definition) is 1. The number of nitrogens with one attached hydrogen (secondary N) is 1. The number of pyridine rings is 1. The van der Waals surface area contributed by atoms with Crippen LogP contribution < -0.4 is 19.9 Å². The lowest BCUT2D eigenvalue weighted by Crippen LogP contribution is -2.53. The number of aromatic nitrogens is 1. The minimum absolute atomic E-state index is 0.0168. The summed E-state index contributed by atoms with van der Waals surface area (Å²) in [6.07, 6.45) is 3.48. The molecule has 7 nitrogen and oxygen atoms in total. The van der Waals surface area contributed by atoms with Crippen molar-refractivity contribution in [3.05, 3.63) is 48.2 Å². The van der Waals surface area contributed by atoms with E-state index in [4.69, 9.17) is 4.74 Å². The average Bonchev–Trinajstić information content (AvgIpc) is 3.20. The molecule has 2 aliphatic rings. The third-order valence-corrected chi connectivity index (χ3v) is 5.10. The number of carbonyl (C=O) groups is 2. The predicted molar refractivity (Wildman–Crippen MR) is 102 cm³/mol. The van der Waals surface area contributed by atoms with E-state index in [0.717, 1.165) is 36.5 Å². The highest BCUT2D eigenvalue weighted by molar-refractivity contribution is 6.08. The predicted octanol–water partition coefficient (Wildman–Crippen LogP) is 1.72. The van der Waals surface area contributed by atoms with Crippen LogP contribution in [-0.4, -0.2) is 43.0 Å². The van der Waals surface area contributed by atoms with Gasteiger partial charge >= 0.3 is 0 Å². The lowest BCUT2D eigenvalue weighted by atomic mass is 10.1. The minimum Gasteiger partial charge on any atom is -0.496 e. The van der Waals surface area contributed by atoms with E-state index in [-0.39, 0.29) is 24.4 Å². The first-order valence-corrected chi connectivity index (χ1v) is 9.10. The number of fused-ring (bicyclic) bond motifs is 3. The monoisotopic (exact) mass is 366 g/mol. The average molecular weight is 366 g/mol. The van der Waals surface area contributed by atoms with Gasteiger partial charge in [0, 0.05) is 24.8 Å². The third-order valence-electron chi connectivity index (χ3n) is 5.10. The Hall–Kier alpha value is -3.09. The maximum Gasteiger partial charge on any atom is 0.250 e. The van der Waals surface area contributed by atoms with Crippen LogP contribution in [0.1, 0.15) is 18.4 Å². The van der Waals surface area contributed by atoms with Gasteiger partial charge in [0.25, 0.3) is 0 Å². The van der Waals surface area contributed by atoms with Crippen molar-refractivity contribution in [2.45, 2.75) is 25.4 Å². The highest BCUT2D eigenvalue weighted by Crippen LogP contribution is 2.37. The van der Waals surface area contributed by atoms with Gasteiger partial charge in [-0.3, -0.25) is 14.5 Å². The molecular formula is C20H22N4O3. The molecule has 0 unspecified atom stereocenters. The highest BCUT2D eigenvalue weighted by atomic mass is 16.5. The molecule has 1 atom stereocenters. The summed E-state index contributed by atoms with van der Waals surface area (Å²) in [6, 6.07) is 11.0. The molecule has 27 heavy (non-hydrogen) atoms. The van der Waals surface area contributed by atoms with Gasteiger partial charge in [-0.25, -0.2) is 4.98 Å². The molecule has 2 amide bonds. The fourth-order valence-electron chi connectivity index (χ4n) is 3.80. The number of rotatable bonds is 5. The summed E-state index contributed by atoms with van der Waals surface area (Å²) in [5, 5.41) is 2.89. The molecule has 0 saturated carbocycles. The van der Waals surface area contributed by atoms with Crippen molar-refractivity contribution in [3.63, 3.8) is 0 Å². The van der Waals surface area contributed by atoms with Gasteiger partial charge in [-0.05, 0) is 31.0 Å². The van der Waals surface area contributed by atoms with Crippen molar-refractivity contribution in [1.82, 2.24) is 10.3 Å². The lowest BCUT2D eigenvalue weighted by Gasteiger charge is -2.38. The quantitative estimate of drug-likeness (QED) is 0.872. The zero-order chi connectivity index (χ0) is 18.8. The third kappa shape index (κ3) is 3.20. The van der Waals surface area contributed by atoms with Crippen LogP contribution in [0.3, 0.4) is 0 Å². The largest absolute Gasteiger partial charge is 0.496 e. The molecule has 1 aromatic heterocycles. The lowest BCUT2D eigenvalue weighted by molar-refractivity contribution is -0.124. The summed E-state index contributed by atoms with van der Waals surface area (Å²) < 4.78 is 5.31. The molecular weight excluding hydrogens is 344 g/mol. The topological polar surface area (TPSA) is 74.8 Å². The molecule has 1 aromatic carbocycles. The van der Waals surface area contributed by atoms with E-state index in [9.17, 15) is 9.59 Å². The molecule has 1 N–H and O–H groups in total. The summed E-state index contributed by atoms with van der Waals surface area (Å²) in [4.78, 5) is 33.6. The molecule has 1 saturated heterocycles. The van der Waals surface area contributed by atoms with Crippen molar-refractivity contribution >= 4 is 23.3 Å². The summed E-state index contributed by atoms with van der Waals surface area (Å²) in [5.41, 5.74) is 1.59. The molecule has 2 aliphatic heterocycles. The van der Waals surface area contributed by atoms with Gasteiger partial charge in [0.15, 0.2) is 5.82 Å². The fraction of sp³-hybridized carbons (Fsp3) is 0.350. The fourth-order valence-corrected chi connectivity index (χ4v) is 3.80. The van der Waals surface area contributed by atoms with Crippen LogP contribution in [0.5, 0.6) is 5.75 Å². The second-order valence-electron chi connectivity index (χ2n) is 6.71. The molecule has 2 aromatic rings. The van der Waals surface area contributed by atoms with Gasteiger partial charge in [0.2, 0.25) is 11.8 Å². The van der Waals surface area contributed by atoms with Gasteiger partial charge in [0.05, 0.1) is 12.8 Å². The van der Waals surface area contributed by atoms with Crippen LogP contribution in [0.15, 0.2) is 42.6 Å². The Kier molecular flexibility index (Phi) is 4.66. The maximum atomic E-state index is 12.9. The van der Waals surface area contributed by atoms with E-state index >= 15 is 0 Å². The molecule has 0 radical (unpaired) electrons. The molecule has 7 heteroatoms. The number of benzene rings is 1. The van der Waals surface area contributed by atoms with E-state index in [2.05, 4.69) is 15.2 Å². The maximum absolute atomic E-state index is 12.9. The summed E-state index contributed by atoms with van der Waals surface area (Å²) in [6.45, 7) is 1.16. The Morgan fingerprint density at radius 2 is 2.15 bits per heavy atom. The molecule has 0 aliphatic carbocycles. The van der Waals surface area contributed by atoms with E-state index in [1.807, 2.05) is 30.3 Å². The first-order valence-electron chi connectivity index (χ1n) is 9.10. The molecule has 0 spiro atoms. The summed E-state index contributed by atoms with van der Waals surface area (Å²) in [7, 11) is 1.60. The smallest absolute Gasteiger partial charge is 0.250 e. The number of methoxy groups -OCH3 is 1. The summed E-state index contributed by atoms with van der Waals surface area (Å²) in [5.74, 6) is 1.27. The Labute approximate surface area is 157 Å². The number of ether oxygens (including phenoxy) is 1. The van der Waals surface area contributed by atoms with Crippen LogP contribution in [-0.2, 0) is 16.1 Å². The normalized spacial score (nSPS) is 18.1. The van der Waals surface area contributed by atoms with E-state index in [1.165, 1.54) is 0 Å². The highest BCUT2D eigenvalue weighted by Gasteiger charge is 2.41. The Bertz CT molecular complexity index is 870. The van der Waals surface area contributed by atoms with Gasteiger partial charge in [-0.1, -0.05) is 18.2 Å². The molecule has 1 fully saturated rings. The first-order chi connectivity index (χ1) is 13.2. The van der Waals surface area contributed by atoms with Crippen molar-refractivity contribution in [1.29, 1.82) is 0 Å². The van der Waals surface area contributed by atoms with Crippen molar-refractivity contribution in [2.24, 2.45) is 0 Å². The van der Waals surface area contributed by atoms with Crippen LogP contribution in [0.2, 0.25) is 0 Å². The minimum atomic E-state index is -0.214. The number of nitrogens with zero attached hydrogens (tertiary/aromatic N) is 3. The van der Waals surface area contributed by atoms with Crippen molar-refractivity contribution in [2.75, 3.05) is 30.0 Å². The SMILES string of the molecule is COc1ccccc1CNC(=O)CN1C(=O)[C@H]2CCCN2c2ncccc21. The zero-order valence-electron chi connectivity index (χ0n) is 15.2. The van der Waals surface area contributed by atoms with Crippen LogP contribution in [0.4, 0.5) is 11.5 Å². The van der Waals surface area contributed by atoms with Gasteiger partial charge < -0.3 is 15.0 Å². The Morgan fingerprint density at radius 3 is 3.00 bits per heavy atom. The zero-order valence-corrected chi connectivity index (χ0v) is 15.2. The summed E-state index contributed by atoms with van der Waals surface area (Å²) >= 11 is 0. The number of carbonyl (C=O) groups excluding carboxylic acids is 2. The Balaban J connectivity index is 1.49. The van der Waals surface area contributed by atoms with Gasteiger partial charge in [-0.2, -0.15) is 0 Å².